The van der Waals surface area contributed by atoms with E-state index in [9.17, 15) is 9.18 Å². The Morgan fingerprint density at radius 1 is 1.22 bits per heavy atom. The lowest BCUT2D eigenvalue weighted by Crippen LogP contribution is -2.28. The van der Waals surface area contributed by atoms with E-state index in [0.717, 1.165) is 11.3 Å². The number of carbonyl (C=O) groups is 1. The first kappa shape index (κ1) is 18.9. The van der Waals surface area contributed by atoms with Gasteiger partial charge in [0.1, 0.15) is 17.9 Å². The monoisotopic (exact) mass is 386 g/mol. The predicted octanol–water partition coefficient (Wildman–Crippen LogP) is 3.17. The first-order chi connectivity index (χ1) is 13.1. The molecule has 6 nitrogen and oxygen atoms in total. The maximum atomic E-state index is 14.0. The highest BCUT2D eigenvalue weighted by Crippen LogP contribution is 2.23. The van der Waals surface area contributed by atoms with Crippen LogP contribution in [0.2, 0.25) is 0 Å². The number of para-hydroxylation sites is 2. The van der Waals surface area contributed by atoms with E-state index in [4.69, 9.17) is 4.74 Å². The highest BCUT2D eigenvalue weighted by molar-refractivity contribution is 7.99. The summed E-state index contributed by atoms with van der Waals surface area (Å²) in [6, 6.07) is 13.9. The topological polar surface area (TPSA) is 60.2 Å². The van der Waals surface area contributed by atoms with Crippen LogP contribution in [-0.4, -0.2) is 45.5 Å². The van der Waals surface area contributed by atoms with Crippen molar-refractivity contribution in [2.75, 3.05) is 19.9 Å². The molecule has 0 spiro atoms. The van der Waals surface area contributed by atoms with Gasteiger partial charge in [-0.15, -0.1) is 10.2 Å². The van der Waals surface area contributed by atoms with Gasteiger partial charge in [-0.2, -0.15) is 0 Å². The maximum Gasteiger partial charge on any atom is 0.233 e. The van der Waals surface area contributed by atoms with Crippen LogP contribution in [0, 0.1) is 5.82 Å². The minimum absolute atomic E-state index is 0.0750. The molecule has 1 heterocycles. The van der Waals surface area contributed by atoms with Crippen molar-refractivity contribution in [3.8, 4) is 11.4 Å². The minimum atomic E-state index is -0.376. The van der Waals surface area contributed by atoms with Crippen molar-refractivity contribution in [1.82, 2.24) is 19.7 Å². The summed E-state index contributed by atoms with van der Waals surface area (Å²) in [4.78, 5) is 14.1. The fraction of sp³-hybridized carbons (Fsp3) is 0.211. The van der Waals surface area contributed by atoms with Gasteiger partial charge in [0.25, 0.3) is 0 Å². The summed E-state index contributed by atoms with van der Waals surface area (Å²) in [6.07, 6.45) is 1.43. The van der Waals surface area contributed by atoms with Gasteiger partial charge < -0.3 is 9.64 Å². The van der Waals surface area contributed by atoms with E-state index in [1.165, 1.54) is 28.7 Å². The normalized spacial score (nSPS) is 10.6. The third-order valence-corrected chi connectivity index (χ3v) is 4.91. The summed E-state index contributed by atoms with van der Waals surface area (Å²) in [5, 5.41) is 8.29. The molecule has 2 aromatic carbocycles. The second kappa shape index (κ2) is 8.68. The van der Waals surface area contributed by atoms with Crippen LogP contribution in [0.5, 0.6) is 5.75 Å². The number of nitrogens with zero attached hydrogens (tertiary/aromatic N) is 4. The number of thioether (sulfide) groups is 1. The fourth-order valence-electron chi connectivity index (χ4n) is 2.55. The van der Waals surface area contributed by atoms with E-state index in [2.05, 4.69) is 10.2 Å². The largest absolute Gasteiger partial charge is 0.496 e. The van der Waals surface area contributed by atoms with E-state index < -0.39 is 0 Å². The molecule has 0 atom stereocenters. The van der Waals surface area contributed by atoms with E-state index in [-0.39, 0.29) is 17.5 Å². The number of carbonyl (C=O) groups excluding carboxylic acids is 1. The van der Waals surface area contributed by atoms with E-state index in [0.29, 0.717) is 17.4 Å². The van der Waals surface area contributed by atoms with E-state index in [1.54, 1.807) is 37.3 Å². The standard InChI is InChI=1S/C19H19FN4O2S/c1-23(11-14-7-3-6-10-17(14)26-2)18(25)12-27-19-22-21-13-24(19)16-9-5-4-8-15(16)20/h3-10,13H,11-12H2,1-2H3. The Hall–Kier alpha value is -2.87. The minimum Gasteiger partial charge on any atom is -0.496 e. The molecule has 0 aliphatic carbocycles. The maximum absolute atomic E-state index is 14.0. The molecule has 1 amide bonds. The van der Waals surface area contributed by atoms with Crippen molar-refractivity contribution in [2.45, 2.75) is 11.7 Å². The van der Waals surface area contributed by atoms with Gasteiger partial charge in [0, 0.05) is 19.2 Å². The zero-order valence-electron chi connectivity index (χ0n) is 15.0. The van der Waals surface area contributed by atoms with Gasteiger partial charge in [0.15, 0.2) is 5.16 Å². The van der Waals surface area contributed by atoms with Crippen molar-refractivity contribution in [3.63, 3.8) is 0 Å². The highest BCUT2D eigenvalue weighted by Gasteiger charge is 2.16. The second-order valence-electron chi connectivity index (χ2n) is 5.79. The average molecular weight is 386 g/mol. The number of amides is 1. The molecule has 0 saturated heterocycles. The zero-order chi connectivity index (χ0) is 19.2. The average Bonchev–Trinajstić information content (AvgIpc) is 3.15. The number of aromatic nitrogens is 3. The van der Waals surface area contributed by atoms with Crippen molar-refractivity contribution < 1.29 is 13.9 Å². The van der Waals surface area contributed by atoms with Crippen molar-refractivity contribution in [1.29, 1.82) is 0 Å². The Morgan fingerprint density at radius 3 is 2.74 bits per heavy atom. The summed E-state index contributed by atoms with van der Waals surface area (Å²) in [5.41, 5.74) is 1.27. The molecule has 8 heteroatoms. The Bertz CT molecular complexity index is 931. The molecule has 0 aliphatic heterocycles. The zero-order valence-corrected chi connectivity index (χ0v) is 15.8. The number of ether oxygens (including phenoxy) is 1. The molecule has 0 radical (unpaired) electrons. The molecule has 3 rings (SSSR count). The first-order valence-electron chi connectivity index (χ1n) is 8.23. The summed E-state index contributed by atoms with van der Waals surface area (Å²) in [6.45, 7) is 0.434. The Kier molecular flexibility index (Phi) is 6.08. The molecule has 0 bridgehead atoms. The van der Waals surface area contributed by atoms with Crippen LogP contribution >= 0.6 is 11.8 Å². The third-order valence-electron chi connectivity index (χ3n) is 3.98. The predicted molar refractivity (Wildman–Crippen MR) is 102 cm³/mol. The van der Waals surface area contributed by atoms with Crippen LogP contribution in [0.3, 0.4) is 0 Å². The van der Waals surface area contributed by atoms with Gasteiger partial charge >= 0.3 is 0 Å². The van der Waals surface area contributed by atoms with Crippen LogP contribution < -0.4 is 4.74 Å². The van der Waals surface area contributed by atoms with Crippen LogP contribution in [0.4, 0.5) is 4.39 Å². The summed E-state index contributed by atoms with van der Waals surface area (Å²) in [7, 11) is 3.34. The summed E-state index contributed by atoms with van der Waals surface area (Å²) in [5.74, 6) is 0.454. The SMILES string of the molecule is COc1ccccc1CN(C)C(=O)CSc1nncn1-c1ccccc1F. The van der Waals surface area contributed by atoms with Gasteiger partial charge in [0.05, 0.1) is 18.6 Å². The fourth-order valence-corrected chi connectivity index (χ4v) is 3.41. The molecule has 0 N–H and O–H groups in total. The Balaban J connectivity index is 1.65. The van der Waals surface area contributed by atoms with Crippen LogP contribution in [0.15, 0.2) is 60.0 Å². The number of methoxy groups -OCH3 is 1. The van der Waals surface area contributed by atoms with E-state index in [1.807, 2.05) is 24.3 Å². The summed E-state index contributed by atoms with van der Waals surface area (Å²) < 4.78 is 20.9. The van der Waals surface area contributed by atoms with Crippen LogP contribution in [-0.2, 0) is 11.3 Å². The lowest BCUT2D eigenvalue weighted by molar-refractivity contribution is -0.127. The molecule has 3 aromatic rings. The molecule has 140 valence electrons. The first-order valence-corrected chi connectivity index (χ1v) is 9.22. The molecule has 0 unspecified atom stereocenters. The van der Waals surface area contributed by atoms with Gasteiger partial charge in [-0.3, -0.25) is 9.36 Å². The third kappa shape index (κ3) is 4.46. The van der Waals surface area contributed by atoms with Gasteiger partial charge in [0.2, 0.25) is 5.91 Å². The molecule has 0 fully saturated rings. The quantitative estimate of drug-likeness (QED) is 0.584. The molecular weight excluding hydrogens is 367 g/mol. The molecule has 0 aliphatic rings. The summed E-state index contributed by atoms with van der Waals surface area (Å²) >= 11 is 1.21. The molecule has 1 aromatic heterocycles. The molecule has 0 saturated carbocycles. The Morgan fingerprint density at radius 2 is 1.96 bits per heavy atom. The number of halogens is 1. The van der Waals surface area contributed by atoms with Crippen molar-refractivity contribution >= 4 is 17.7 Å². The molecular formula is C19H19FN4O2S. The Labute approximate surface area is 161 Å². The van der Waals surface area contributed by atoms with E-state index >= 15 is 0 Å². The number of hydrogen-bond acceptors (Lipinski definition) is 5. The lowest BCUT2D eigenvalue weighted by Gasteiger charge is -2.18. The van der Waals surface area contributed by atoms with Gasteiger partial charge in [-0.25, -0.2) is 4.39 Å². The van der Waals surface area contributed by atoms with Gasteiger partial charge in [-0.1, -0.05) is 42.1 Å². The van der Waals surface area contributed by atoms with Gasteiger partial charge in [-0.05, 0) is 18.2 Å². The highest BCUT2D eigenvalue weighted by atomic mass is 32.2. The number of hydrogen-bond donors (Lipinski definition) is 0. The smallest absolute Gasteiger partial charge is 0.233 e. The van der Waals surface area contributed by atoms with Crippen LogP contribution in [0.1, 0.15) is 5.56 Å². The second-order valence-corrected chi connectivity index (χ2v) is 6.73. The van der Waals surface area contributed by atoms with Crippen LogP contribution in [0.25, 0.3) is 5.69 Å². The number of benzene rings is 2. The molecule has 27 heavy (non-hydrogen) atoms. The van der Waals surface area contributed by atoms with Crippen molar-refractivity contribution in [2.24, 2.45) is 0 Å². The number of rotatable bonds is 7. The lowest BCUT2D eigenvalue weighted by atomic mass is 10.2. The van der Waals surface area contributed by atoms with Crippen molar-refractivity contribution in [3.05, 3.63) is 66.2 Å².